The summed E-state index contributed by atoms with van der Waals surface area (Å²) >= 11 is 1.39. The smallest absolute Gasteiger partial charge is 0.271 e. The first-order valence-corrected chi connectivity index (χ1v) is 5.27. The lowest BCUT2D eigenvalue weighted by atomic mass is 10.3. The van der Waals surface area contributed by atoms with Gasteiger partial charge < -0.3 is 9.73 Å². The van der Waals surface area contributed by atoms with Gasteiger partial charge in [0.2, 0.25) is 0 Å². The molecule has 0 aromatic carbocycles. The summed E-state index contributed by atoms with van der Waals surface area (Å²) in [5, 5.41) is 4.41. The van der Waals surface area contributed by atoms with Crippen LogP contribution in [0.2, 0.25) is 0 Å². The fourth-order valence-corrected chi connectivity index (χ4v) is 1.61. The van der Waals surface area contributed by atoms with Crippen molar-refractivity contribution in [3.63, 3.8) is 0 Å². The Morgan fingerprint density at radius 2 is 2.47 bits per heavy atom. The number of rotatable bonds is 3. The molecule has 5 nitrogen and oxygen atoms in total. The minimum absolute atomic E-state index is 0.196. The number of oxazole rings is 1. The van der Waals surface area contributed by atoms with Crippen molar-refractivity contribution in [2.75, 3.05) is 0 Å². The molecule has 0 unspecified atom stereocenters. The zero-order valence-electron chi connectivity index (χ0n) is 8.06. The normalized spacial score (nSPS) is 10.2. The van der Waals surface area contributed by atoms with Crippen LogP contribution in [0.5, 0.6) is 0 Å². The van der Waals surface area contributed by atoms with Crippen molar-refractivity contribution in [2.45, 2.75) is 13.5 Å². The van der Waals surface area contributed by atoms with Crippen LogP contribution in [0.1, 0.15) is 21.9 Å². The van der Waals surface area contributed by atoms with E-state index in [2.05, 4.69) is 15.3 Å². The number of hydrogen-bond acceptors (Lipinski definition) is 5. The Balaban J connectivity index is 1.95. The van der Waals surface area contributed by atoms with Crippen molar-refractivity contribution in [3.8, 4) is 0 Å². The Kier molecular flexibility index (Phi) is 2.77. The van der Waals surface area contributed by atoms with E-state index in [0.29, 0.717) is 18.0 Å². The molecule has 0 aliphatic carbocycles. The highest BCUT2D eigenvalue weighted by atomic mass is 32.1. The van der Waals surface area contributed by atoms with E-state index in [-0.39, 0.29) is 5.91 Å². The third-order valence-electron chi connectivity index (χ3n) is 1.93. The number of carbonyl (C=O) groups excluding carboxylic acids is 1. The lowest BCUT2D eigenvalue weighted by Crippen LogP contribution is -2.23. The second-order valence-electron chi connectivity index (χ2n) is 2.91. The van der Waals surface area contributed by atoms with Gasteiger partial charge >= 0.3 is 0 Å². The van der Waals surface area contributed by atoms with Crippen LogP contribution in [0.15, 0.2) is 21.7 Å². The molecule has 15 heavy (non-hydrogen) atoms. The number of nitrogens with one attached hydrogen (secondary N) is 1. The van der Waals surface area contributed by atoms with Crippen molar-refractivity contribution in [1.82, 2.24) is 15.3 Å². The first-order valence-electron chi connectivity index (χ1n) is 4.32. The van der Waals surface area contributed by atoms with E-state index in [0.717, 1.165) is 5.69 Å². The number of aromatic nitrogens is 2. The van der Waals surface area contributed by atoms with Crippen LogP contribution in [-0.2, 0) is 6.54 Å². The summed E-state index contributed by atoms with van der Waals surface area (Å²) in [6, 6.07) is 0. The molecule has 2 aromatic rings. The first-order chi connectivity index (χ1) is 7.27. The average Bonchev–Trinajstić information content (AvgIpc) is 2.85. The van der Waals surface area contributed by atoms with E-state index in [1.165, 1.54) is 17.7 Å². The molecule has 0 radical (unpaired) electrons. The second-order valence-corrected chi connectivity index (χ2v) is 3.63. The van der Waals surface area contributed by atoms with Crippen molar-refractivity contribution < 1.29 is 9.21 Å². The molecule has 2 heterocycles. The summed E-state index contributed by atoms with van der Waals surface area (Å²) in [6.45, 7) is 2.16. The Labute approximate surface area is 90.2 Å². The van der Waals surface area contributed by atoms with Crippen LogP contribution in [0.25, 0.3) is 0 Å². The standard InChI is InChI=1S/C9H9N3O2S/c1-6-7(11-4-14-6)2-10-9(13)8-3-15-5-12-8/h3-5H,2H2,1H3,(H,10,13). The molecule has 2 aromatic heterocycles. The number of hydrogen-bond donors (Lipinski definition) is 1. The highest BCUT2D eigenvalue weighted by Gasteiger charge is 2.09. The van der Waals surface area contributed by atoms with Gasteiger partial charge in [-0.25, -0.2) is 9.97 Å². The quantitative estimate of drug-likeness (QED) is 0.853. The van der Waals surface area contributed by atoms with Gasteiger partial charge in [0.25, 0.3) is 5.91 Å². The fourth-order valence-electron chi connectivity index (χ4n) is 1.08. The number of nitrogens with zero attached hydrogens (tertiary/aromatic N) is 2. The monoisotopic (exact) mass is 223 g/mol. The summed E-state index contributed by atoms with van der Waals surface area (Å²) in [6.07, 6.45) is 1.36. The zero-order valence-corrected chi connectivity index (χ0v) is 8.87. The van der Waals surface area contributed by atoms with E-state index in [4.69, 9.17) is 4.42 Å². The minimum atomic E-state index is -0.196. The number of aryl methyl sites for hydroxylation is 1. The lowest BCUT2D eigenvalue weighted by Gasteiger charge is -2.00. The SMILES string of the molecule is Cc1ocnc1CNC(=O)c1cscn1. The maximum absolute atomic E-state index is 11.5. The van der Waals surface area contributed by atoms with E-state index in [1.54, 1.807) is 17.8 Å². The van der Waals surface area contributed by atoms with Gasteiger partial charge in [-0.05, 0) is 6.92 Å². The van der Waals surface area contributed by atoms with E-state index >= 15 is 0 Å². The minimum Gasteiger partial charge on any atom is -0.448 e. The molecule has 1 amide bonds. The molecule has 0 saturated carbocycles. The van der Waals surface area contributed by atoms with Crippen LogP contribution in [0, 0.1) is 6.92 Å². The molecule has 78 valence electrons. The summed E-state index contributed by atoms with van der Waals surface area (Å²) in [4.78, 5) is 19.4. The molecule has 0 atom stereocenters. The van der Waals surface area contributed by atoms with Crippen molar-refractivity contribution in [1.29, 1.82) is 0 Å². The molecule has 0 bridgehead atoms. The van der Waals surface area contributed by atoms with Crippen LogP contribution >= 0.6 is 11.3 Å². The van der Waals surface area contributed by atoms with Gasteiger partial charge in [-0.3, -0.25) is 4.79 Å². The molecule has 0 spiro atoms. The number of thiazole rings is 1. The first kappa shape index (κ1) is 9.85. The van der Waals surface area contributed by atoms with Gasteiger partial charge in [-0.2, -0.15) is 0 Å². The number of carbonyl (C=O) groups is 1. The van der Waals surface area contributed by atoms with Crippen LogP contribution < -0.4 is 5.32 Å². The van der Waals surface area contributed by atoms with Gasteiger partial charge in [-0.15, -0.1) is 11.3 Å². The van der Waals surface area contributed by atoms with Gasteiger partial charge in [0, 0.05) is 5.38 Å². The van der Waals surface area contributed by atoms with E-state index in [1.807, 2.05) is 0 Å². The highest BCUT2D eigenvalue weighted by molar-refractivity contribution is 7.07. The van der Waals surface area contributed by atoms with E-state index in [9.17, 15) is 4.79 Å². The lowest BCUT2D eigenvalue weighted by molar-refractivity contribution is 0.0946. The Morgan fingerprint density at radius 3 is 3.07 bits per heavy atom. The highest BCUT2D eigenvalue weighted by Crippen LogP contribution is 2.05. The van der Waals surface area contributed by atoms with Crippen LogP contribution in [0.4, 0.5) is 0 Å². The maximum Gasteiger partial charge on any atom is 0.271 e. The van der Waals surface area contributed by atoms with Gasteiger partial charge in [0.15, 0.2) is 6.39 Å². The molecule has 1 N–H and O–H groups in total. The molecule has 0 fully saturated rings. The summed E-state index contributed by atoms with van der Waals surface area (Å²) in [7, 11) is 0. The third kappa shape index (κ3) is 2.21. The summed E-state index contributed by atoms with van der Waals surface area (Å²) < 4.78 is 5.01. The molecular formula is C9H9N3O2S. The average molecular weight is 223 g/mol. The third-order valence-corrected chi connectivity index (χ3v) is 2.51. The maximum atomic E-state index is 11.5. The second kappa shape index (κ2) is 4.22. The zero-order chi connectivity index (χ0) is 10.7. The number of amides is 1. The molecule has 0 aliphatic heterocycles. The largest absolute Gasteiger partial charge is 0.448 e. The molecule has 6 heteroatoms. The van der Waals surface area contributed by atoms with Gasteiger partial charge in [-0.1, -0.05) is 0 Å². The Morgan fingerprint density at radius 1 is 1.60 bits per heavy atom. The van der Waals surface area contributed by atoms with Crippen molar-refractivity contribution in [3.05, 3.63) is 34.4 Å². The topological polar surface area (TPSA) is 68.0 Å². The van der Waals surface area contributed by atoms with Crippen LogP contribution in [0.3, 0.4) is 0 Å². The van der Waals surface area contributed by atoms with Crippen molar-refractivity contribution in [2.24, 2.45) is 0 Å². The van der Waals surface area contributed by atoms with Gasteiger partial charge in [0.1, 0.15) is 17.1 Å². The van der Waals surface area contributed by atoms with Crippen molar-refractivity contribution >= 4 is 17.2 Å². The Bertz CT molecular complexity index is 450. The molecule has 0 saturated heterocycles. The van der Waals surface area contributed by atoms with Crippen LogP contribution in [-0.4, -0.2) is 15.9 Å². The summed E-state index contributed by atoms with van der Waals surface area (Å²) in [5.74, 6) is 0.521. The molecule has 2 rings (SSSR count). The molecule has 0 aliphatic rings. The Hall–Kier alpha value is -1.69. The summed E-state index contributed by atoms with van der Waals surface area (Å²) in [5.41, 5.74) is 2.79. The fraction of sp³-hybridized carbons (Fsp3) is 0.222. The predicted molar refractivity (Wildman–Crippen MR) is 54.5 cm³/mol. The molecular weight excluding hydrogens is 214 g/mol. The van der Waals surface area contributed by atoms with E-state index < -0.39 is 0 Å². The van der Waals surface area contributed by atoms with Gasteiger partial charge in [0.05, 0.1) is 12.1 Å². The predicted octanol–water partition coefficient (Wildman–Crippen LogP) is 1.37.